The molecule has 1 aliphatic heterocycles. The van der Waals surface area contributed by atoms with Crippen LogP contribution in [0.15, 0.2) is 18.2 Å². The number of benzene rings is 1. The number of nitrogens with one attached hydrogen (secondary N) is 2. The van der Waals surface area contributed by atoms with Crippen LogP contribution in [0.5, 0.6) is 0 Å². The second-order valence-corrected chi connectivity index (χ2v) is 4.25. The zero-order valence-corrected chi connectivity index (χ0v) is 10.0. The average Bonchev–Trinajstić information content (AvgIpc) is 2.77. The molecule has 0 radical (unpaired) electrons. The van der Waals surface area contributed by atoms with Crippen molar-refractivity contribution in [3.8, 4) is 0 Å². The van der Waals surface area contributed by atoms with E-state index < -0.39 is 0 Å². The van der Waals surface area contributed by atoms with Gasteiger partial charge in [0.25, 0.3) is 0 Å². The lowest BCUT2D eigenvalue weighted by Gasteiger charge is -2.19. The highest BCUT2D eigenvalue weighted by Gasteiger charge is 2.15. The molecule has 0 saturated carbocycles. The minimum absolute atomic E-state index is 0.400. The summed E-state index contributed by atoms with van der Waals surface area (Å²) in [5, 5.41) is 6.95. The van der Waals surface area contributed by atoms with Gasteiger partial charge < -0.3 is 15.4 Å². The van der Waals surface area contributed by atoms with Crippen LogP contribution in [0.3, 0.4) is 0 Å². The van der Waals surface area contributed by atoms with Gasteiger partial charge in [-0.2, -0.15) is 0 Å². The first kappa shape index (κ1) is 11.4. The number of rotatable bonds is 5. The van der Waals surface area contributed by atoms with Crippen LogP contribution < -0.4 is 10.6 Å². The van der Waals surface area contributed by atoms with Crippen LogP contribution >= 0.6 is 0 Å². The van der Waals surface area contributed by atoms with E-state index >= 15 is 0 Å². The Morgan fingerprint density at radius 2 is 2.31 bits per heavy atom. The van der Waals surface area contributed by atoms with E-state index in [1.165, 1.54) is 16.8 Å². The monoisotopic (exact) mass is 220 g/mol. The van der Waals surface area contributed by atoms with Crippen molar-refractivity contribution in [3.63, 3.8) is 0 Å². The summed E-state index contributed by atoms with van der Waals surface area (Å²) in [6, 6.07) is 6.87. The van der Waals surface area contributed by atoms with Gasteiger partial charge in [-0.05, 0) is 23.6 Å². The number of anilines is 1. The third-order valence-corrected chi connectivity index (χ3v) is 3.11. The number of fused-ring (bicyclic) bond motifs is 1. The van der Waals surface area contributed by atoms with Gasteiger partial charge in [-0.1, -0.05) is 19.1 Å². The fourth-order valence-corrected chi connectivity index (χ4v) is 2.15. The zero-order chi connectivity index (χ0) is 11.4. The lowest BCUT2D eigenvalue weighted by atomic mass is 10.1. The first-order chi connectivity index (χ1) is 7.85. The molecule has 1 aromatic rings. The van der Waals surface area contributed by atoms with Gasteiger partial charge in [0.1, 0.15) is 0 Å². The van der Waals surface area contributed by atoms with Gasteiger partial charge in [-0.25, -0.2) is 0 Å². The summed E-state index contributed by atoms with van der Waals surface area (Å²) in [7, 11) is 1.75. The fraction of sp³-hybridized carbons (Fsp3) is 0.538. The SMILES string of the molecule is CCC(COC)Nc1cccc2c1CNC2. The molecule has 0 amide bonds. The predicted molar refractivity (Wildman–Crippen MR) is 66.6 cm³/mol. The van der Waals surface area contributed by atoms with E-state index in [-0.39, 0.29) is 0 Å². The van der Waals surface area contributed by atoms with Crippen molar-refractivity contribution in [3.05, 3.63) is 29.3 Å². The molecule has 0 saturated heterocycles. The molecule has 2 rings (SSSR count). The van der Waals surface area contributed by atoms with E-state index in [4.69, 9.17) is 4.74 Å². The molecule has 0 bridgehead atoms. The highest BCUT2D eigenvalue weighted by atomic mass is 16.5. The first-order valence-corrected chi connectivity index (χ1v) is 5.92. The van der Waals surface area contributed by atoms with Crippen LogP contribution in [-0.2, 0) is 17.8 Å². The molecule has 88 valence electrons. The van der Waals surface area contributed by atoms with Crippen LogP contribution in [0.25, 0.3) is 0 Å². The second kappa shape index (κ2) is 5.32. The van der Waals surface area contributed by atoms with Crippen LogP contribution in [0.1, 0.15) is 24.5 Å². The van der Waals surface area contributed by atoms with Crippen molar-refractivity contribution in [1.82, 2.24) is 5.32 Å². The zero-order valence-electron chi connectivity index (χ0n) is 10.0. The van der Waals surface area contributed by atoms with Crippen molar-refractivity contribution < 1.29 is 4.74 Å². The molecule has 1 aliphatic rings. The van der Waals surface area contributed by atoms with Crippen LogP contribution in [0, 0.1) is 0 Å². The molecule has 3 heteroatoms. The van der Waals surface area contributed by atoms with E-state index in [0.717, 1.165) is 26.1 Å². The Labute approximate surface area is 97.2 Å². The number of hydrogen-bond acceptors (Lipinski definition) is 3. The normalized spacial score (nSPS) is 15.9. The van der Waals surface area contributed by atoms with Crippen molar-refractivity contribution in [2.45, 2.75) is 32.5 Å². The van der Waals surface area contributed by atoms with Gasteiger partial charge in [0.05, 0.1) is 6.61 Å². The molecule has 3 nitrogen and oxygen atoms in total. The lowest BCUT2D eigenvalue weighted by Crippen LogP contribution is -2.24. The summed E-state index contributed by atoms with van der Waals surface area (Å²) < 4.78 is 5.21. The van der Waals surface area contributed by atoms with Crippen LogP contribution in [-0.4, -0.2) is 19.8 Å². The lowest BCUT2D eigenvalue weighted by molar-refractivity contribution is 0.184. The van der Waals surface area contributed by atoms with Crippen LogP contribution in [0.2, 0.25) is 0 Å². The molecule has 2 N–H and O–H groups in total. The minimum atomic E-state index is 0.400. The third kappa shape index (κ3) is 2.36. The Morgan fingerprint density at radius 1 is 1.44 bits per heavy atom. The standard InChI is InChI=1S/C13H20N2O/c1-3-11(9-16-2)15-13-6-4-5-10-7-14-8-12(10)13/h4-6,11,14-15H,3,7-9H2,1-2H3. The highest BCUT2D eigenvalue weighted by Crippen LogP contribution is 2.24. The smallest absolute Gasteiger partial charge is 0.0663 e. The van der Waals surface area contributed by atoms with Crippen molar-refractivity contribution in [1.29, 1.82) is 0 Å². The molecule has 0 aliphatic carbocycles. The van der Waals surface area contributed by atoms with Gasteiger partial charge in [-0.15, -0.1) is 0 Å². The molecular weight excluding hydrogens is 200 g/mol. The summed E-state index contributed by atoms with van der Waals surface area (Å²) in [5.41, 5.74) is 4.08. The molecule has 0 spiro atoms. The quantitative estimate of drug-likeness (QED) is 0.797. The summed E-state index contributed by atoms with van der Waals surface area (Å²) in [6.07, 6.45) is 1.07. The molecular formula is C13H20N2O. The minimum Gasteiger partial charge on any atom is -0.383 e. The number of methoxy groups -OCH3 is 1. The maximum atomic E-state index is 5.21. The van der Waals surface area contributed by atoms with Crippen molar-refractivity contribution in [2.75, 3.05) is 19.0 Å². The Balaban J connectivity index is 2.12. The van der Waals surface area contributed by atoms with Gasteiger partial charge in [0.15, 0.2) is 0 Å². The van der Waals surface area contributed by atoms with E-state index in [2.05, 4.69) is 35.8 Å². The second-order valence-electron chi connectivity index (χ2n) is 4.25. The first-order valence-electron chi connectivity index (χ1n) is 5.92. The average molecular weight is 220 g/mol. The van der Waals surface area contributed by atoms with E-state index in [9.17, 15) is 0 Å². The van der Waals surface area contributed by atoms with Crippen molar-refractivity contribution >= 4 is 5.69 Å². The maximum absolute atomic E-state index is 5.21. The Kier molecular flexibility index (Phi) is 3.80. The van der Waals surface area contributed by atoms with Gasteiger partial charge in [0, 0.05) is 31.9 Å². The fourth-order valence-electron chi connectivity index (χ4n) is 2.15. The van der Waals surface area contributed by atoms with Gasteiger partial charge in [0.2, 0.25) is 0 Å². The number of ether oxygens (including phenoxy) is 1. The Bertz CT molecular complexity index is 352. The largest absolute Gasteiger partial charge is 0.383 e. The summed E-state index contributed by atoms with van der Waals surface area (Å²) in [5.74, 6) is 0. The molecule has 1 unspecified atom stereocenters. The van der Waals surface area contributed by atoms with E-state index in [1.54, 1.807) is 7.11 Å². The topological polar surface area (TPSA) is 33.3 Å². The maximum Gasteiger partial charge on any atom is 0.0663 e. The molecule has 1 atom stereocenters. The van der Waals surface area contributed by atoms with E-state index in [1.807, 2.05) is 0 Å². The van der Waals surface area contributed by atoms with Crippen molar-refractivity contribution in [2.24, 2.45) is 0 Å². The molecule has 0 aromatic heterocycles. The third-order valence-electron chi connectivity index (χ3n) is 3.11. The van der Waals surface area contributed by atoms with E-state index in [0.29, 0.717) is 6.04 Å². The Hall–Kier alpha value is -1.06. The summed E-state index contributed by atoms with van der Waals surface area (Å²) >= 11 is 0. The summed E-state index contributed by atoms with van der Waals surface area (Å²) in [6.45, 7) is 4.90. The molecule has 1 heterocycles. The summed E-state index contributed by atoms with van der Waals surface area (Å²) in [4.78, 5) is 0. The van der Waals surface area contributed by atoms with Crippen LogP contribution in [0.4, 0.5) is 5.69 Å². The highest BCUT2D eigenvalue weighted by molar-refractivity contribution is 5.56. The molecule has 1 aromatic carbocycles. The number of hydrogen-bond donors (Lipinski definition) is 2. The Morgan fingerprint density at radius 3 is 3.06 bits per heavy atom. The van der Waals surface area contributed by atoms with Gasteiger partial charge in [-0.3, -0.25) is 0 Å². The van der Waals surface area contributed by atoms with Gasteiger partial charge >= 0.3 is 0 Å². The molecule has 16 heavy (non-hydrogen) atoms. The molecule has 0 fully saturated rings. The predicted octanol–water partition coefficient (Wildman–Crippen LogP) is 2.13.